The van der Waals surface area contributed by atoms with E-state index in [0.29, 0.717) is 12.8 Å². The second kappa shape index (κ2) is 5.78. The molecule has 2 aromatic rings. The highest BCUT2D eigenvalue weighted by Gasteiger charge is 2.07. The number of halogens is 1. The summed E-state index contributed by atoms with van der Waals surface area (Å²) in [5.41, 5.74) is 2.76. The molecule has 0 aliphatic heterocycles. The third-order valence-corrected chi connectivity index (χ3v) is 2.99. The minimum atomic E-state index is -0.491. The van der Waals surface area contributed by atoms with Gasteiger partial charge in [-0.2, -0.15) is 0 Å². The molecule has 2 heteroatoms. The molecule has 0 saturated carbocycles. The zero-order valence-electron chi connectivity index (χ0n) is 10.4. The Morgan fingerprint density at radius 3 is 2.50 bits per heavy atom. The number of rotatable bonds is 4. The normalized spacial score (nSPS) is 12.4. The van der Waals surface area contributed by atoms with Crippen LogP contribution in [0.25, 0.3) is 0 Å². The van der Waals surface area contributed by atoms with Crippen LogP contribution in [0.2, 0.25) is 0 Å². The van der Waals surface area contributed by atoms with Gasteiger partial charge in [-0.05, 0) is 48.6 Å². The van der Waals surface area contributed by atoms with Crippen molar-refractivity contribution in [2.24, 2.45) is 0 Å². The van der Waals surface area contributed by atoms with Crippen LogP contribution in [0.3, 0.4) is 0 Å². The van der Waals surface area contributed by atoms with Crippen molar-refractivity contribution in [1.82, 2.24) is 0 Å². The van der Waals surface area contributed by atoms with E-state index in [1.165, 1.54) is 12.1 Å². The lowest BCUT2D eigenvalue weighted by Crippen LogP contribution is -2.00. The second-order valence-electron chi connectivity index (χ2n) is 4.60. The van der Waals surface area contributed by atoms with Crippen LogP contribution in [-0.2, 0) is 6.42 Å². The first-order valence-corrected chi connectivity index (χ1v) is 6.14. The Balaban J connectivity index is 1.99. The molecule has 94 valence electrons. The van der Waals surface area contributed by atoms with Gasteiger partial charge in [0, 0.05) is 0 Å². The van der Waals surface area contributed by atoms with Gasteiger partial charge in [0.2, 0.25) is 0 Å². The molecule has 0 heterocycles. The average Bonchev–Trinajstić information content (AvgIpc) is 2.36. The summed E-state index contributed by atoms with van der Waals surface area (Å²) in [6, 6.07) is 14.5. The highest BCUT2D eigenvalue weighted by atomic mass is 19.1. The lowest BCUT2D eigenvalue weighted by Gasteiger charge is -2.11. The van der Waals surface area contributed by atoms with Crippen LogP contribution in [0.5, 0.6) is 0 Å². The average molecular weight is 244 g/mol. The highest BCUT2D eigenvalue weighted by Crippen LogP contribution is 2.19. The molecule has 1 nitrogen and oxygen atoms in total. The maximum Gasteiger partial charge on any atom is 0.123 e. The minimum Gasteiger partial charge on any atom is -0.388 e. The third kappa shape index (κ3) is 3.41. The van der Waals surface area contributed by atoms with Gasteiger partial charge in [0.15, 0.2) is 0 Å². The molecule has 0 aliphatic carbocycles. The van der Waals surface area contributed by atoms with Gasteiger partial charge < -0.3 is 5.11 Å². The molecular formula is C16H17FO. The standard InChI is InChI=1S/C16H17FO/c1-12-9-13(11-15(17)10-12)7-8-16(18)14-5-3-2-4-6-14/h2-6,9-11,16,18H,7-8H2,1H3. The molecule has 18 heavy (non-hydrogen) atoms. The zero-order valence-corrected chi connectivity index (χ0v) is 10.4. The van der Waals surface area contributed by atoms with Crippen molar-refractivity contribution in [2.75, 3.05) is 0 Å². The van der Waals surface area contributed by atoms with Gasteiger partial charge in [-0.15, -0.1) is 0 Å². The fraction of sp³-hybridized carbons (Fsp3) is 0.250. The van der Waals surface area contributed by atoms with Crippen LogP contribution in [0.1, 0.15) is 29.2 Å². The van der Waals surface area contributed by atoms with E-state index < -0.39 is 6.10 Å². The van der Waals surface area contributed by atoms with Gasteiger partial charge in [0.25, 0.3) is 0 Å². The van der Waals surface area contributed by atoms with Gasteiger partial charge in [0.05, 0.1) is 6.10 Å². The Morgan fingerprint density at radius 1 is 1.11 bits per heavy atom. The molecule has 0 bridgehead atoms. The molecule has 1 atom stereocenters. The first-order valence-electron chi connectivity index (χ1n) is 6.14. The van der Waals surface area contributed by atoms with E-state index in [1.807, 2.05) is 43.3 Å². The Hall–Kier alpha value is -1.67. The molecule has 0 aromatic heterocycles. The fourth-order valence-electron chi connectivity index (χ4n) is 2.10. The summed E-state index contributed by atoms with van der Waals surface area (Å²) in [5.74, 6) is -0.209. The third-order valence-electron chi connectivity index (χ3n) is 2.99. The van der Waals surface area contributed by atoms with Crippen LogP contribution in [0, 0.1) is 12.7 Å². The molecule has 0 aliphatic rings. The van der Waals surface area contributed by atoms with Gasteiger partial charge in [-0.3, -0.25) is 0 Å². The number of hydrogen-bond donors (Lipinski definition) is 1. The molecule has 0 saturated heterocycles. The largest absolute Gasteiger partial charge is 0.388 e. The number of hydrogen-bond acceptors (Lipinski definition) is 1. The van der Waals surface area contributed by atoms with Gasteiger partial charge >= 0.3 is 0 Å². The van der Waals surface area contributed by atoms with Gasteiger partial charge in [-0.1, -0.05) is 36.4 Å². The summed E-state index contributed by atoms with van der Waals surface area (Å²) in [7, 11) is 0. The van der Waals surface area contributed by atoms with E-state index in [9.17, 15) is 9.50 Å². The molecule has 2 rings (SSSR count). The minimum absolute atomic E-state index is 0.209. The maximum atomic E-state index is 13.2. The molecule has 0 radical (unpaired) electrons. The Kier molecular flexibility index (Phi) is 4.11. The topological polar surface area (TPSA) is 20.2 Å². The Morgan fingerprint density at radius 2 is 1.83 bits per heavy atom. The van der Waals surface area contributed by atoms with E-state index in [2.05, 4.69) is 0 Å². The van der Waals surface area contributed by atoms with E-state index in [1.54, 1.807) is 0 Å². The lowest BCUT2D eigenvalue weighted by molar-refractivity contribution is 0.168. The maximum absolute atomic E-state index is 13.2. The summed E-state index contributed by atoms with van der Waals surface area (Å²) in [5, 5.41) is 10.0. The molecule has 1 unspecified atom stereocenters. The second-order valence-corrected chi connectivity index (χ2v) is 4.60. The first-order chi connectivity index (χ1) is 8.65. The monoisotopic (exact) mass is 244 g/mol. The summed E-state index contributed by atoms with van der Waals surface area (Å²) in [6.45, 7) is 1.88. The van der Waals surface area contributed by atoms with Crippen LogP contribution >= 0.6 is 0 Å². The van der Waals surface area contributed by atoms with E-state index in [4.69, 9.17) is 0 Å². The Bertz CT molecular complexity index is 488. The quantitative estimate of drug-likeness (QED) is 0.867. The smallest absolute Gasteiger partial charge is 0.123 e. The molecule has 0 fully saturated rings. The van der Waals surface area contributed by atoms with E-state index >= 15 is 0 Å². The first kappa shape index (κ1) is 12.8. The van der Waals surface area contributed by atoms with Gasteiger partial charge in [-0.25, -0.2) is 4.39 Å². The van der Waals surface area contributed by atoms with Crippen LogP contribution in [0.15, 0.2) is 48.5 Å². The van der Waals surface area contributed by atoms with Crippen molar-refractivity contribution in [3.63, 3.8) is 0 Å². The fourth-order valence-corrected chi connectivity index (χ4v) is 2.10. The summed E-state index contributed by atoms with van der Waals surface area (Å²) in [6.07, 6.45) is 0.788. The Labute approximate surface area is 107 Å². The lowest BCUT2D eigenvalue weighted by atomic mass is 10.0. The predicted octanol–water partition coefficient (Wildman–Crippen LogP) is 3.80. The highest BCUT2D eigenvalue weighted by molar-refractivity contribution is 5.24. The number of aliphatic hydroxyl groups excluding tert-OH is 1. The molecule has 0 spiro atoms. The summed E-state index contributed by atoms with van der Waals surface area (Å²) < 4.78 is 13.2. The van der Waals surface area contributed by atoms with Crippen molar-refractivity contribution in [3.8, 4) is 0 Å². The van der Waals surface area contributed by atoms with Crippen LogP contribution in [-0.4, -0.2) is 5.11 Å². The van der Waals surface area contributed by atoms with Gasteiger partial charge in [0.1, 0.15) is 5.82 Å². The summed E-state index contributed by atoms with van der Waals surface area (Å²) >= 11 is 0. The number of aryl methyl sites for hydroxylation is 2. The van der Waals surface area contributed by atoms with Crippen molar-refractivity contribution < 1.29 is 9.50 Å². The van der Waals surface area contributed by atoms with Crippen molar-refractivity contribution in [3.05, 3.63) is 71.0 Å². The number of aliphatic hydroxyl groups is 1. The molecular weight excluding hydrogens is 227 g/mol. The molecule has 2 aromatic carbocycles. The predicted molar refractivity (Wildman–Crippen MR) is 70.9 cm³/mol. The van der Waals surface area contributed by atoms with Crippen LogP contribution in [0.4, 0.5) is 4.39 Å². The molecule has 0 amide bonds. The molecule has 1 N–H and O–H groups in total. The van der Waals surface area contributed by atoms with Crippen molar-refractivity contribution >= 4 is 0 Å². The van der Waals surface area contributed by atoms with Crippen LogP contribution < -0.4 is 0 Å². The summed E-state index contributed by atoms with van der Waals surface area (Å²) in [4.78, 5) is 0. The SMILES string of the molecule is Cc1cc(F)cc(CCC(O)c2ccccc2)c1. The van der Waals surface area contributed by atoms with E-state index in [-0.39, 0.29) is 5.82 Å². The van der Waals surface area contributed by atoms with E-state index in [0.717, 1.165) is 16.7 Å². The zero-order chi connectivity index (χ0) is 13.0. The number of benzene rings is 2. The van der Waals surface area contributed by atoms with Crippen molar-refractivity contribution in [1.29, 1.82) is 0 Å². The van der Waals surface area contributed by atoms with Crippen molar-refractivity contribution in [2.45, 2.75) is 25.9 Å².